The third-order valence-electron chi connectivity index (χ3n) is 6.84. The van der Waals surface area contributed by atoms with E-state index in [1.165, 1.54) is 13.8 Å². The second-order valence-electron chi connectivity index (χ2n) is 9.81. The van der Waals surface area contributed by atoms with Crippen molar-refractivity contribution in [3.05, 3.63) is 24.3 Å². The summed E-state index contributed by atoms with van der Waals surface area (Å²) in [5.74, 6) is -0.352. The van der Waals surface area contributed by atoms with Crippen molar-refractivity contribution >= 4 is 11.9 Å². The smallest absolute Gasteiger partial charge is 0.303 e. The van der Waals surface area contributed by atoms with E-state index in [2.05, 4.69) is 32.6 Å². The lowest BCUT2D eigenvalue weighted by molar-refractivity contribution is -0.169. The lowest BCUT2D eigenvalue weighted by atomic mass is 9.68. The number of fused-ring (bicyclic) bond motifs is 1. The van der Waals surface area contributed by atoms with Crippen LogP contribution in [0.4, 0.5) is 0 Å². The molecule has 0 aliphatic heterocycles. The molecule has 1 fully saturated rings. The van der Waals surface area contributed by atoms with Crippen molar-refractivity contribution in [3.63, 3.8) is 0 Å². The van der Waals surface area contributed by atoms with Crippen LogP contribution in [0.5, 0.6) is 0 Å². The average molecular weight is 407 g/mol. The Bertz CT molecular complexity index is 664. The molecule has 6 unspecified atom stereocenters. The summed E-state index contributed by atoms with van der Waals surface area (Å²) in [5, 5.41) is 10.6. The van der Waals surface area contributed by atoms with E-state index in [4.69, 9.17) is 9.47 Å². The Morgan fingerprint density at radius 1 is 1.21 bits per heavy atom. The molecule has 0 bridgehead atoms. The van der Waals surface area contributed by atoms with Gasteiger partial charge in [-0.25, -0.2) is 0 Å². The van der Waals surface area contributed by atoms with Gasteiger partial charge in [0.15, 0.2) is 0 Å². The first-order valence-electron chi connectivity index (χ1n) is 10.8. The molecule has 1 saturated carbocycles. The normalized spacial score (nSPS) is 36.1. The van der Waals surface area contributed by atoms with Crippen LogP contribution in [0.1, 0.15) is 73.6 Å². The molecule has 2 rings (SSSR count). The van der Waals surface area contributed by atoms with E-state index < -0.39 is 17.8 Å². The first-order chi connectivity index (χ1) is 13.4. The van der Waals surface area contributed by atoms with Crippen molar-refractivity contribution in [2.75, 3.05) is 0 Å². The van der Waals surface area contributed by atoms with E-state index in [1.54, 1.807) is 0 Å². The van der Waals surface area contributed by atoms with Gasteiger partial charge in [-0.1, -0.05) is 32.6 Å². The van der Waals surface area contributed by atoms with Gasteiger partial charge in [-0.2, -0.15) is 0 Å². The maximum atomic E-state index is 12.0. The Labute approximate surface area is 175 Å². The molecule has 1 N–H and O–H groups in total. The number of ether oxygens (including phenoxy) is 2. The van der Waals surface area contributed by atoms with Gasteiger partial charge in [0.25, 0.3) is 0 Å². The first-order valence-corrected chi connectivity index (χ1v) is 10.8. The van der Waals surface area contributed by atoms with Gasteiger partial charge >= 0.3 is 11.9 Å². The highest BCUT2D eigenvalue weighted by Gasteiger charge is 2.54. The number of carbonyl (C=O) groups is 2. The Balaban J connectivity index is 2.53. The Morgan fingerprint density at radius 2 is 1.86 bits per heavy atom. The predicted octanol–water partition coefficient (Wildman–Crippen LogP) is 4.59. The molecular formula is C24H38O5. The standard InChI is InChI=1S/C24H38O5/c1-15-8-9-20(27)16(2)14-21(28-17(3)25)22-19(23(5,6)29-18(4)26)11-13-24(22,7)12-10-15/h10,12,15,19-22,27H,2,8-9,11,13-14H2,1,3-7H3. The molecule has 2 aliphatic carbocycles. The quantitative estimate of drug-likeness (QED) is 0.548. The van der Waals surface area contributed by atoms with Gasteiger partial charge in [0.05, 0.1) is 6.10 Å². The SMILES string of the molecule is C=C1CC(OC(C)=O)C2C(C(C)(C)OC(C)=O)CCC2(C)C=CC(C)CCC1O. The molecule has 164 valence electrons. The fraction of sp³-hybridized carbons (Fsp3) is 0.750. The first kappa shape index (κ1) is 23.7. The van der Waals surface area contributed by atoms with Gasteiger partial charge in [0.1, 0.15) is 11.7 Å². The largest absolute Gasteiger partial charge is 0.462 e. The Morgan fingerprint density at radius 3 is 2.45 bits per heavy atom. The lowest BCUT2D eigenvalue weighted by Gasteiger charge is -2.43. The number of aliphatic hydroxyl groups excluding tert-OH is 1. The number of aliphatic hydroxyl groups is 1. The van der Waals surface area contributed by atoms with Crippen LogP contribution in [0.2, 0.25) is 0 Å². The summed E-state index contributed by atoms with van der Waals surface area (Å²) < 4.78 is 11.5. The van der Waals surface area contributed by atoms with E-state index in [-0.39, 0.29) is 29.2 Å². The fourth-order valence-corrected chi connectivity index (χ4v) is 5.33. The molecule has 5 heteroatoms. The Kier molecular flexibility index (Phi) is 7.37. The molecule has 0 aromatic heterocycles. The average Bonchev–Trinajstić information content (AvgIpc) is 2.93. The molecule has 0 amide bonds. The van der Waals surface area contributed by atoms with Gasteiger partial charge in [-0.15, -0.1) is 0 Å². The molecule has 0 spiro atoms. The highest BCUT2D eigenvalue weighted by Crippen LogP contribution is 2.55. The minimum absolute atomic E-state index is 0.0198. The number of esters is 2. The molecular weight excluding hydrogens is 368 g/mol. The number of hydrogen-bond acceptors (Lipinski definition) is 5. The van der Waals surface area contributed by atoms with Gasteiger partial charge in [0, 0.05) is 32.1 Å². The van der Waals surface area contributed by atoms with Gasteiger partial charge in [-0.3, -0.25) is 9.59 Å². The van der Waals surface area contributed by atoms with Crippen LogP contribution >= 0.6 is 0 Å². The summed E-state index contributed by atoms with van der Waals surface area (Å²) in [6.45, 7) is 15.2. The summed E-state index contributed by atoms with van der Waals surface area (Å²) in [4.78, 5) is 23.7. The van der Waals surface area contributed by atoms with Crippen molar-refractivity contribution in [2.24, 2.45) is 23.2 Å². The van der Waals surface area contributed by atoms with Crippen LogP contribution in [0.15, 0.2) is 24.3 Å². The van der Waals surface area contributed by atoms with Crippen LogP contribution in [0.3, 0.4) is 0 Å². The van der Waals surface area contributed by atoms with Gasteiger partial charge in [-0.05, 0) is 56.4 Å². The number of allylic oxidation sites excluding steroid dienone is 2. The van der Waals surface area contributed by atoms with Crippen molar-refractivity contribution < 1.29 is 24.2 Å². The minimum Gasteiger partial charge on any atom is -0.462 e. The van der Waals surface area contributed by atoms with E-state index in [0.29, 0.717) is 24.3 Å². The van der Waals surface area contributed by atoms with Crippen molar-refractivity contribution in [2.45, 2.75) is 91.5 Å². The molecule has 0 saturated heterocycles. The second-order valence-corrected chi connectivity index (χ2v) is 9.81. The summed E-state index contributed by atoms with van der Waals surface area (Å²) in [5.41, 5.74) is -0.193. The number of carbonyl (C=O) groups excluding carboxylic acids is 2. The lowest BCUT2D eigenvalue weighted by Crippen LogP contribution is -2.46. The van der Waals surface area contributed by atoms with E-state index >= 15 is 0 Å². The molecule has 29 heavy (non-hydrogen) atoms. The number of hydrogen-bond donors (Lipinski definition) is 1. The zero-order valence-corrected chi connectivity index (χ0v) is 18.9. The summed E-state index contributed by atoms with van der Waals surface area (Å²) >= 11 is 0. The summed E-state index contributed by atoms with van der Waals surface area (Å²) in [6.07, 6.45) is 7.16. The minimum atomic E-state index is -0.688. The van der Waals surface area contributed by atoms with Crippen LogP contribution in [-0.2, 0) is 19.1 Å². The zero-order chi connectivity index (χ0) is 22.0. The summed E-state index contributed by atoms with van der Waals surface area (Å²) in [6, 6.07) is 0. The predicted molar refractivity (Wildman–Crippen MR) is 113 cm³/mol. The molecule has 5 nitrogen and oxygen atoms in total. The van der Waals surface area contributed by atoms with Crippen LogP contribution in [0.25, 0.3) is 0 Å². The molecule has 0 heterocycles. The summed E-state index contributed by atoms with van der Waals surface area (Å²) in [7, 11) is 0. The van der Waals surface area contributed by atoms with E-state index in [1.807, 2.05) is 13.8 Å². The van der Waals surface area contributed by atoms with E-state index in [0.717, 1.165) is 19.3 Å². The van der Waals surface area contributed by atoms with Crippen molar-refractivity contribution in [1.29, 1.82) is 0 Å². The second kappa shape index (κ2) is 9.03. The molecule has 0 aromatic rings. The maximum absolute atomic E-state index is 12.0. The monoisotopic (exact) mass is 406 g/mol. The zero-order valence-electron chi connectivity index (χ0n) is 18.9. The molecule has 0 aromatic carbocycles. The third-order valence-corrected chi connectivity index (χ3v) is 6.84. The van der Waals surface area contributed by atoms with Crippen LogP contribution < -0.4 is 0 Å². The van der Waals surface area contributed by atoms with Gasteiger partial charge < -0.3 is 14.6 Å². The van der Waals surface area contributed by atoms with Crippen LogP contribution in [-0.4, -0.2) is 34.9 Å². The highest BCUT2D eigenvalue weighted by molar-refractivity contribution is 5.67. The number of rotatable bonds is 3. The molecule has 2 aliphatic rings. The highest BCUT2D eigenvalue weighted by atomic mass is 16.6. The van der Waals surface area contributed by atoms with E-state index in [9.17, 15) is 14.7 Å². The molecule has 0 radical (unpaired) electrons. The van der Waals surface area contributed by atoms with Crippen LogP contribution in [0, 0.1) is 23.2 Å². The topological polar surface area (TPSA) is 72.8 Å². The molecule has 6 atom stereocenters. The van der Waals surface area contributed by atoms with Crippen molar-refractivity contribution in [3.8, 4) is 0 Å². The fourth-order valence-electron chi connectivity index (χ4n) is 5.33. The Hall–Kier alpha value is -1.62. The van der Waals surface area contributed by atoms with Gasteiger partial charge in [0.2, 0.25) is 0 Å². The van der Waals surface area contributed by atoms with Crippen molar-refractivity contribution in [1.82, 2.24) is 0 Å². The maximum Gasteiger partial charge on any atom is 0.303 e. The third kappa shape index (κ3) is 5.71.